The second-order valence-corrected chi connectivity index (χ2v) is 9.71. The third-order valence-electron chi connectivity index (χ3n) is 5.35. The molecule has 0 unspecified atom stereocenters. The Balaban J connectivity index is 1.99. The molecule has 0 aliphatic carbocycles. The quantitative estimate of drug-likeness (QED) is 0.374. The fourth-order valence-electron chi connectivity index (χ4n) is 3.15. The first-order chi connectivity index (χ1) is 16.0. The largest absolute Gasteiger partial charge is 0.494 e. The number of aromatic hydroxyl groups is 1. The first-order valence-corrected chi connectivity index (χ1v) is 12.1. The van der Waals surface area contributed by atoms with E-state index < -0.39 is 17.1 Å². The van der Waals surface area contributed by atoms with E-state index in [1.54, 1.807) is 12.1 Å². The molecular weight excluding hydrogens is 520 g/mol. The SMILES string of the molecule is Cc1ccc(N=C(SCC(=O)Nc2ccc(Br)c(C)c2)c2c(O)n(C)c(=O)n(C)c2=O)cc1C. The van der Waals surface area contributed by atoms with Crippen molar-refractivity contribution < 1.29 is 9.90 Å². The predicted octanol–water partition coefficient (Wildman–Crippen LogP) is 3.93. The predicted molar refractivity (Wildman–Crippen MR) is 141 cm³/mol. The average molecular weight is 545 g/mol. The molecule has 10 heteroatoms. The molecule has 34 heavy (non-hydrogen) atoms. The minimum Gasteiger partial charge on any atom is -0.494 e. The number of hydrogen-bond donors (Lipinski definition) is 2. The fraction of sp³-hybridized carbons (Fsp3) is 0.250. The summed E-state index contributed by atoms with van der Waals surface area (Å²) in [6, 6.07) is 11.0. The van der Waals surface area contributed by atoms with Crippen molar-refractivity contribution >= 4 is 50.0 Å². The smallest absolute Gasteiger partial charge is 0.333 e. The van der Waals surface area contributed by atoms with Crippen molar-refractivity contribution in [2.45, 2.75) is 20.8 Å². The van der Waals surface area contributed by atoms with Gasteiger partial charge in [0, 0.05) is 24.3 Å². The molecule has 1 aromatic heterocycles. The van der Waals surface area contributed by atoms with E-state index in [2.05, 4.69) is 26.2 Å². The molecule has 3 aromatic rings. The first-order valence-electron chi connectivity index (χ1n) is 10.3. The summed E-state index contributed by atoms with van der Waals surface area (Å²) < 4.78 is 2.80. The normalized spacial score (nSPS) is 11.5. The van der Waals surface area contributed by atoms with Crippen LogP contribution in [-0.4, -0.2) is 30.9 Å². The molecule has 3 rings (SSSR count). The molecule has 8 nitrogen and oxygen atoms in total. The number of aliphatic imine (C=N–C) groups is 1. The monoisotopic (exact) mass is 544 g/mol. The lowest BCUT2D eigenvalue weighted by Gasteiger charge is -2.13. The lowest BCUT2D eigenvalue weighted by atomic mass is 10.1. The maximum absolute atomic E-state index is 12.9. The number of halogens is 1. The second-order valence-electron chi connectivity index (χ2n) is 7.89. The van der Waals surface area contributed by atoms with Gasteiger partial charge in [-0.3, -0.25) is 18.7 Å². The Morgan fingerprint density at radius 1 is 1.03 bits per heavy atom. The number of rotatable bonds is 5. The number of anilines is 1. The van der Waals surface area contributed by atoms with Crippen LogP contribution in [-0.2, 0) is 18.9 Å². The van der Waals surface area contributed by atoms with E-state index >= 15 is 0 Å². The molecule has 0 atom stereocenters. The van der Waals surface area contributed by atoms with Gasteiger partial charge in [-0.1, -0.05) is 33.8 Å². The van der Waals surface area contributed by atoms with Crippen LogP contribution in [0.15, 0.2) is 55.5 Å². The van der Waals surface area contributed by atoms with Gasteiger partial charge in [0.25, 0.3) is 5.56 Å². The van der Waals surface area contributed by atoms with Gasteiger partial charge in [0.15, 0.2) is 0 Å². The van der Waals surface area contributed by atoms with E-state index in [0.717, 1.165) is 42.1 Å². The number of amides is 1. The highest BCUT2D eigenvalue weighted by Crippen LogP contribution is 2.25. The van der Waals surface area contributed by atoms with Gasteiger partial charge in [0.05, 0.1) is 11.4 Å². The molecule has 1 amide bonds. The molecule has 0 fully saturated rings. The number of carbonyl (C=O) groups excluding carboxylic acids is 1. The number of nitrogens with one attached hydrogen (secondary N) is 1. The average Bonchev–Trinajstić information content (AvgIpc) is 2.79. The third-order valence-corrected chi connectivity index (χ3v) is 7.22. The lowest BCUT2D eigenvalue weighted by Crippen LogP contribution is -2.39. The summed E-state index contributed by atoms with van der Waals surface area (Å²) in [5.74, 6) is -0.878. The van der Waals surface area contributed by atoms with Crippen molar-refractivity contribution in [1.29, 1.82) is 0 Å². The molecular formula is C24H25BrN4O4S. The summed E-state index contributed by atoms with van der Waals surface area (Å²) in [7, 11) is 2.69. The van der Waals surface area contributed by atoms with Gasteiger partial charge >= 0.3 is 5.69 Å². The van der Waals surface area contributed by atoms with E-state index in [-0.39, 0.29) is 22.3 Å². The molecule has 0 saturated carbocycles. The van der Waals surface area contributed by atoms with Crippen LogP contribution in [0, 0.1) is 20.8 Å². The molecule has 0 aliphatic rings. The summed E-state index contributed by atoms with van der Waals surface area (Å²) in [6.07, 6.45) is 0. The Kier molecular flexibility index (Phi) is 7.83. The maximum Gasteiger partial charge on any atom is 0.333 e. The number of thioether (sulfide) groups is 1. The highest BCUT2D eigenvalue weighted by molar-refractivity contribution is 9.10. The second kappa shape index (κ2) is 10.4. The molecule has 1 heterocycles. The third kappa shape index (κ3) is 5.51. The molecule has 0 aliphatic heterocycles. The highest BCUT2D eigenvalue weighted by atomic mass is 79.9. The lowest BCUT2D eigenvalue weighted by molar-refractivity contribution is -0.113. The van der Waals surface area contributed by atoms with Crippen molar-refractivity contribution in [2.75, 3.05) is 11.1 Å². The van der Waals surface area contributed by atoms with Gasteiger partial charge in [-0.15, -0.1) is 0 Å². The molecule has 2 aromatic carbocycles. The number of benzene rings is 2. The topological polar surface area (TPSA) is 106 Å². The number of aromatic nitrogens is 2. The Morgan fingerprint density at radius 2 is 1.74 bits per heavy atom. The molecule has 0 saturated heterocycles. The van der Waals surface area contributed by atoms with E-state index in [4.69, 9.17) is 0 Å². The Labute approximate surface area is 209 Å². The standard InChI is InChI=1S/C24H25BrN4O4S/c1-13-6-7-17(10-14(13)2)27-21(20-22(31)28(4)24(33)29(5)23(20)32)34-12-19(30)26-16-8-9-18(25)15(3)11-16/h6-11,31H,12H2,1-5H3,(H,26,30). The van der Waals surface area contributed by atoms with Gasteiger partial charge in [0.2, 0.25) is 11.8 Å². The van der Waals surface area contributed by atoms with Crippen LogP contribution < -0.4 is 16.6 Å². The molecule has 178 valence electrons. The Bertz CT molecular complexity index is 1430. The van der Waals surface area contributed by atoms with E-state index in [9.17, 15) is 19.5 Å². The minimum absolute atomic E-state index is 0.0653. The number of carbonyl (C=O) groups is 1. The van der Waals surface area contributed by atoms with Gasteiger partial charge < -0.3 is 10.4 Å². The summed E-state index contributed by atoms with van der Waals surface area (Å²) >= 11 is 4.44. The number of aryl methyl sites for hydroxylation is 3. The van der Waals surface area contributed by atoms with Gasteiger partial charge in [-0.25, -0.2) is 9.79 Å². The van der Waals surface area contributed by atoms with Crippen LogP contribution >= 0.6 is 27.7 Å². The number of nitrogens with zero attached hydrogens (tertiary/aromatic N) is 3. The van der Waals surface area contributed by atoms with Crippen LogP contribution in [0.4, 0.5) is 11.4 Å². The zero-order valence-corrected chi connectivity index (χ0v) is 21.9. The zero-order valence-electron chi connectivity index (χ0n) is 19.5. The van der Waals surface area contributed by atoms with Gasteiger partial charge in [0.1, 0.15) is 10.6 Å². The van der Waals surface area contributed by atoms with E-state index in [1.807, 2.05) is 45.0 Å². The van der Waals surface area contributed by atoms with Crippen molar-refractivity contribution in [3.05, 3.63) is 84.0 Å². The maximum atomic E-state index is 12.9. The van der Waals surface area contributed by atoms with Crippen molar-refractivity contribution in [2.24, 2.45) is 19.1 Å². The zero-order chi connectivity index (χ0) is 25.2. The highest BCUT2D eigenvalue weighted by Gasteiger charge is 2.22. The van der Waals surface area contributed by atoms with Crippen molar-refractivity contribution in [3.8, 4) is 5.88 Å². The van der Waals surface area contributed by atoms with Crippen LogP contribution in [0.5, 0.6) is 5.88 Å². The molecule has 0 bridgehead atoms. The number of hydrogen-bond acceptors (Lipinski definition) is 6. The molecule has 2 N–H and O–H groups in total. The van der Waals surface area contributed by atoms with Gasteiger partial charge in [-0.2, -0.15) is 0 Å². The summed E-state index contributed by atoms with van der Waals surface area (Å²) in [4.78, 5) is 42.3. The Hall–Kier alpha value is -3.11. The fourth-order valence-corrected chi connectivity index (χ4v) is 4.23. The van der Waals surface area contributed by atoms with Crippen LogP contribution in [0.3, 0.4) is 0 Å². The van der Waals surface area contributed by atoms with Crippen LogP contribution in [0.25, 0.3) is 0 Å². The summed E-state index contributed by atoms with van der Waals surface area (Å²) in [5, 5.41) is 13.6. The first kappa shape index (κ1) is 25.5. The van der Waals surface area contributed by atoms with Crippen molar-refractivity contribution in [3.63, 3.8) is 0 Å². The van der Waals surface area contributed by atoms with Crippen molar-refractivity contribution in [1.82, 2.24) is 9.13 Å². The summed E-state index contributed by atoms with van der Waals surface area (Å²) in [5.41, 5.74) is 2.76. The van der Waals surface area contributed by atoms with E-state index in [1.165, 1.54) is 14.1 Å². The Morgan fingerprint density at radius 3 is 2.38 bits per heavy atom. The van der Waals surface area contributed by atoms with E-state index in [0.29, 0.717) is 11.4 Å². The van der Waals surface area contributed by atoms with Gasteiger partial charge in [-0.05, 0) is 67.8 Å². The summed E-state index contributed by atoms with van der Waals surface area (Å²) in [6.45, 7) is 5.83. The van der Waals surface area contributed by atoms with Crippen LogP contribution in [0.1, 0.15) is 22.3 Å². The minimum atomic E-state index is -0.695. The molecule has 0 radical (unpaired) electrons. The van der Waals surface area contributed by atoms with Crippen LogP contribution in [0.2, 0.25) is 0 Å². The molecule has 0 spiro atoms.